The number of nitrogens with zero attached hydrogens (tertiary/aromatic N) is 1. The number of phenolic OH excluding ortho intramolecular Hbond substituents is 1. The Balaban J connectivity index is 2.07. The number of hydrogen-bond donors (Lipinski definition) is 2. The fraction of sp³-hybridized carbons (Fsp3) is 0.188. The van der Waals surface area contributed by atoms with Crippen molar-refractivity contribution in [3.63, 3.8) is 0 Å². The van der Waals surface area contributed by atoms with Crippen LogP contribution >= 0.6 is 15.9 Å². The molecule has 0 aliphatic carbocycles. The van der Waals surface area contributed by atoms with Crippen LogP contribution in [0.25, 0.3) is 0 Å². The van der Waals surface area contributed by atoms with E-state index in [2.05, 4.69) is 25.9 Å². The molecule has 0 fully saturated rings. The second-order valence-corrected chi connectivity index (χ2v) is 7.45. The molecule has 0 atom stereocenters. The Bertz CT molecular complexity index is 820. The molecule has 128 valence electrons. The number of rotatable bonds is 7. The van der Waals surface area contributed by atoms with Gasteiger partial charge in [0, 0.05) is 16.1 Å². The fourth-order valence-corrected chi connectivity index (χ4v) is 2.83. The van der Waals surface area contributed by atoms with Gasteiger partial charge in [-0.3, -0.25) is 0 Å². The van der Waals surface area contributed by atoms with Crippen LogP contribution in [0.3, 0.4) is 0 Å². The maximum absolute atomic E-state index is 12.1. The van der Waals surface area contributed by atoms with E-state index in [0.29, 0.717) is 17.9 Å². The lowest BCUT2D eigenvalue weighted by molar-refractivity contribution is 0.315. The van der Waals surface area contributed by atoms with Crippen molar-refractivity contribution in [3.8, 4) is 11.5 Å². The average molecular weight is 413 g/mol. The number of halogens is 1. The van der Waals surface area contributed by atoms with Gasteiger partial charge >= 0.3 is 0 Å². The van der Waals surface area contributed by atoms with Crippen LogP contribution in [0.15, 0.2) is 56.9 Å². The number of benzene rings is 2. The number of aromatic hydroxyl groups is 1. The number of hydrazone groups is 1. The summed E-state index contributed by atoms with van der Waals surface area (Å²) in [6.07, 6.45) is 2.09. The van der Waals surface area contributed by atoms with Crippen LogP contribution in [0.1, 0.15) is 18.9 Å². The van der Waals surface area contributed by atoms with E-state index >= 15 is 0 Å². The van der Waals surface area contributed by atoms with Crippen LogP contribution in [-0.2, 0) is 10.0 Å². The molecule has 24 heavy (non-hydrogen) atoms. The van der Waals surface area contributed by atoms with E-state index < -0.39 is 10.0 Å². The number of hydrogen-bond acceptors (Lipinski definition) is 5. The van der Waals surface area contributed by atoms with Crippen molar-refractivity contribution in [2.24, 2.45) is 5.10 Å². The molecule has 0 aromatic heterocycles. The molecule has 2 N–H and O–H groups in total. The zero-order valence-corrected chi connectivity index (χ0v) is 15.3. The van der Waals surface area contributed by atoms with Crippen LogP contribution < -0.4 is 9.57 Å². The van der Waals surface area contributed by atoms with Crippen molar-refractivity contribution in [2.75, 3.05) is 6.61 Å². The number of ether oxygens (including phenoxy) is 1. The summed E-state index contributed by atoms with van der Waals surface area (Å²) in [6.45, 7) is 2.54. The maximum Gasteiger partial charge on any atom is 0.276 e. The monoisotopic (exact) mass is 412 g/mol. The van der Waals surface area contributed by atoms with Gasteiger partial charge in [-0.2, -0.15) is 13.5 Å². The van der Waals surface area contributed by atoms with E-state index in [-0.39, 0.29) is 10.6 Å². The largest absolute Gasteiger partial charge is 0.507 e. The van der Waals surface area contributed by atoms with Crippen LogP contribution in [-0.4, -0.2) is 26.3 Å². The fourth-order valence-electron chi connectivity index (χ4n) is 1.77. The first-order valence-electron chi connectivity index (χ1n) is 7.18. The summed E-state index contributed by atoms with van der Waals surface area (Å²) in [7, 11) is -3.76. The molecular weight excluding hydrogens is 396 g/mol. The van der Waals surface area contributed by atoms with E-state index in [1.165, 1.54) is 24.4 Å². The minimum Gasteiger partial charge on any atom is -0.507 e. The molecule has 0 saturated heterocycles. The standard InChI is InChI=1S/C16H17BrN2O4S/c1-2-9-23-14-6-3-12(16(20)10-14)11-18-19-24(21,22)15-7-4-13(17)5-8-15/h3-8,10-11,19-20H,2,9H2,1H3. The van der Waals surface area contributed by atoms with Crippen molar-refractivity contribution in [1.82, 2.24) is 4.83 Å². The third-order valence-corrected chi connectivity index (χ3v) is 4.74. The zero-order valence-electron chi connectivity index (χ0n) is 12.9. The first-order chi connectivity index (χ1) is 11.4. The summed E-state index contributed by atoms with van der Waals surface area (Å²) in [5.41, 5.74) is 0.373. The maximum atomic E-state index is 12.1. The van der Waals surface area contributed by atoms with E-state index in [1.54, 1.807) is 24.3 Å². The third-order valence-electron chi connectivity index (χ3n) is 2.98. The van der Waals surface area contributed by atoms with Crippen LogP contribution in [0.4, 0.5) is 0 Å². The Morgan fingerprint density at radius 2 is 1.96 bits per heavy atom. The van der Waals surface area contributed by atoms with Gasteiger partial charge in [-0.25, -0.2) is 4.83 Å². The van der Waals surface area contributed by atoms with Gasteiger partial charge in [-0.05, 0) is 42.8 Å². The zero-order chi connectivity index (χ0) is 17.6. The Morgan fingerprint density at radius 1 is 1.25 bits per heavy atom. The summed E-state index contributed by atoms with van der Waals surface area (Å²) in [4.78, 5) is 2.20. The first-order valence-corrected chi connectivity index (χ1v) is 9.46. The smallest absolute Gasteiger partial charge is 0.276 e. The number of nitrogens with one attached hydrogen (secondary N) is 1. The lowest BCUT2D eigenvalue weighted by atomic mass is 10.2. The molecule has 2 aromatic carbocycles. The second kappa shape index (κ2) is 8.16. The van der Waals surface area contributed by atoms with Gasteiger partial charge in [-0.1, -0.05) is 22.9 Å². The molecule has 2 aromatic rings. The first kappa shape index (κ1) is 18.3. The van der Waals surface area contributed by atoms with Crippen molar-refractivity contribution in [2.45, 2.75) is 18.2 Å². The van der Waals surface area contributed by atoms with Gasteiger partial charge in [0.05, 0.1) is 17.7 Å². The normalized spacial score (nSPS) is 11.6. The molecule has 0 radical (unpaired) electrons. The van der Waals surface area contributed by atoms with E-state index in [1.807, 2.05) is 6.92 Å². The summed E-state index contributed by atoms with van der Waals surface area (Å²) in [5.74, 6) is 0.497. The van der Waals surface area contributed by atoms with Gasteiger partial charge in [0.2, 0.25) is 0 Å². The molecule has 0 amide bonds. The highest BCUT2D eigenvalue weighted by molar-refractivity contribution is 9.10. The Labute approximate surface area is 149 Å². The highest BCUT2D eigenvalue weighted by Crippen LogP contribution is 2.22. The minimum absolute atomic E-state index is 0.0461. The number of phenols is 1. The molecule has 8 heteroatoms. The van der Waals surface area contributed by atoms with Gasteiger partial charge in [-0.15, -0.1) is 0 Å². The highest BCUT2D eigenvalue weighted by atomic mass is 79.9. The van der Waals surface area contributed by atoms with Crippen molar-refractivity contribution in [3.05, 3.63) is 52.5 Å². The van der Waals surface area contributed by atoms with Gasteiger partial charge in [0.15, 0.2) is 0 Å². The average Bonchev–Trinajstić information content (AvgIpc) is 2.55. The Morgan fingerprint density at radius 3 is 2.58 bits per heavy atom. The molecule has 0 unspecified atom stereocenters. The molecule has 6 nitrogen and oxygen atoms in total. The topological polar surface area (TPSA) is 88.0 Å². The molecule has 0 aliphatic rings. The second-order valence-electron chi connectivity index (χ2n) is 4.88. The summed E-state index contributed by atoms with van der Waals surface area (Å²) in [5, 5.41) is 13.6. The van der Waals surface area contributed by atoms with Gasteiger partial charge in [0.25, 0.3) is 10.0 Å². The number of sulfonamides is 1. The lowest BCUT2D eigenvalue weighted by Gasteiger charge is -2.06. The third kappa shape index (κ3) is 4.97. The predicted octanol–water partition coefficient (Wildman–Crippen LogP) is 3.26. The molecule has 0 saturated carbocycles. The summed E-state index contributed by atoms with van der Waals surface area (Å²) < 4.78 is 30.3. The minimum atomic E-state index is -3.76. The van der Waals surface area contributed by atoms with Crippen molar-refractivity contribution in [1.29, 1.82) is 0 Å². The Kier molecular flexibility index (Phi) is 6.22. The molecular formula is C16H17BrN2O4S. The molecule has 0 bridgehead atoms. The van der Waals surface area contributed by atoms with E-state index in [0.717, 1.165) is 10.9 Å². The van der Waals surface area contributed by atoms with Crippen molar-refractivity contribution < 1.29 is 18.3 Å². The lowest BCUT2D eigenvalue weighted by Crippen LogP contribution is -2.18. The SMILES string of the molecule is CCCOc1ccc(C=NNS(=O)(=O)c2ccc(Br)cc2)c(O)c1. The van der Waals surface area contributed by atoms with E-state index in [4.69, 9.17) is 4.74 Å². The molecule has 2 rings (SSSR count). The molecule has 0 aliphatic heterocycles. The summed E-state index contributed by atoms with van der Waals surface area (Å²) >= 11 is 3.24. The van der Waals surface area contributed by atoms with Crippen LogP contribution in [0.2, 0.25) is 0 Å². The predicted molar refractivity (Wildman–Crippen MR) is 96.0 cm³/mol. The molecule has 0 heterocycles. The Hall–Kier alpha value is -2.06. The van der Waals surface area contributed by atoms with Crippen molar-refractivity contribution >= 4 is 32.2 Å². The molecule has 0 spiro atoms. The summed E-state index contributed by atoms with van der Waals surface area (Å²) in [6, 6.07) is 10.9. The van der Waals surface area contributed by atoms with Crippen LogP contribution in [0, 0.1) is 0 Å². The highest BCUT2D eigenvalue weighted by Gasteiger charge is 2.12. The quantitative estimate of drug-likeness (QED) is 0.539. The van der Waals surface area contributed by atoms with Gasteiger partial charge < -0.3 is 9.84 Å². The van der Waals surface area contributed by atoms with Crippen LogP contribution in [0.5, 0.6) is 11.5 Å². The van der Waals surface area contributed by atoms with E-state index in [9.17, 15) is 13.5 Å². The van der Waals surface area contributed by atoms with Gasteiger partial charge in [0.1, 0.15) is 11.5 Å².